The maximum Gasteiger partial charge on any atom is 0.225 e. The molecule has 0 amide bonds. The second kappa shape index (κ2) is 3.32. The molecule has 0 spiro atoms. The van der Waals surface area contributed by atoms with Gasteiger partial charge in [-0.2, -0.15) is 9.97 Å². The van der Waals surface area contributed by atoms with Crippen molar-refractivity contribution in [2.75, 3.05) is 24.8 Å². The summed E-state index contributed by atoms with van der Waals surface area (Å²) in [5.41, 5.74) is 5.56. The summed E-state index contributed by atoms with van der Waals surface area (Å²) in [7, 11) is 3.58. The Bertz CT molecular complexity index is 338. The summed E-state index contributed by atoms with van der Waals surface area (Å²) in [6.45, 7) is 0. The molecule has 0 aliphatic heterocycles. The van der Waals surface area contributed by atoms with Crippen molar-refractivity contribution in [1.29, 1.82) is 0 Å². The number of aromatic nitrogens is 2. The first-order chi connectivity index (χ1) is 6.70. The second-order valence-electron chi connectivity index (χ2n) is 3.47. The minimum atomic E-state index is 0.256. The van der Waals surface area contributed by atoms with Crippen LogP contribution in [0.4, 0.5) is 11.8 Å². The highest BCUT2D eigenvalue weighted by atomic mass is 16.5. The smallest absolute Gasteiger partial charge is 0.225 e. The number of rotatable bonds is 3. The van der Waals surface area contributed by atoms with E-state index in [1.165, 1.54) is 12.8 Å². The highest BCUT2D eigenvalue weighted by Gasteiger charge is 2.27. The molecule has 0 aromatic carbocycles. The maximum atomic E-state index is 5.56. The van der Waals surface area contributed by atoms with Gasteiger partial charge in [0.15, 0.2) is 0 Å². The predicted octanol–water partition coefficient (Wildman–Crippen LogP) is 0.666. The number of anilines is 2. The number of methoxy groups -OCH3 is 1. The lowest BCUT2D eigenvalue weighted by atomic mass is 10.4. The molecule has 0 unspecified atom stereocenters. The van der Waals surface area contributed by atoms with E-state index in [1.807, 2.05) is 7.05 Å². The summed E-state index contributed by atoms with van der Waals surface area (Å²) >= 11 is 0. The molecule has 1 fully saturated rings. The topological polar surface area (TPSA) is 64.3 Å². The van der Waals surface area contributed by atoms with Crippen LogP contribution >= 0.6 is 0 Å². The van der Waals surface area contributed by atoms with Gasteiger partial charge in [0.1, 0.15) is 5.82 Å². The van der Waals surface area contributed by atoms with Crippen LogP contribution in [0.2, 0.25) is 0 Å². The number of nitrogens with zero attached hydrogens (tertiary/aromatic N) is 3. The fourth-order valence-corrected chi connectivity index (χ4v) is 1.36. The van der Waals surface area contributed by atoms with Crippen molar-refractivity contribution >= 4 is 11.8 Å². The summed E-state index contributed by atoms with van der Waals surface area (Å²) in [5.74, 6) is 1.60. The van der Waals surface area contributed by atoms with E-state index >= 15 is 0 Å². The van der Waals surface area contributed by atoms with Gasteiger partial charge in [0, 0.05) is 19.2 Å². The molecule has 1 aliphatic carbocycles. The van der Waals surface area contributed by atoms with Crippen LogP contribution in [0.1, 0.15) is 12.8 Å². The first kappa shape index (κ1) is 9.05. The molecule has 1 aliphatic rings. The summed E-state index contributed by atoms with van der Waals surface area (Å²) in [6.07, 6.45) is 2.45. The molecule has 5 heteroatoms. The van der Waals surface area contributed by atoms with Gasteiger partial charge >= 0.3 is 0 Å². The van der Waals surface area contributed by atoms with E-state index in [9.17, 15) is 0 Å². The van der Waals surface area contributed by atoms with Gasteiger partial charge in [-0.3, -0.25) is 0 Å². The number of hydrogen-bond donors (Lipinski definition) is 1. The maximum absolute atomic E-state index is 5.56. The van der Waals surface area contributed by atoms with E-state index in [2.05, 4.69) is 14.9 Å². The van der Waals surface area contributed by atoms with Crippen LogP contribution in [0.15, 0.2) is 6.07 Å². The third-order valence-electron chi connectivity index (χ3n) is 2.37. The first-order valence-electron chi connectivity index (χ1n) is 4.62. The van der Waals surface area contributed by atoms with Crippen molar-refractivity contribution in [3.05, 3.63) is 6.07 Å². The SMILES string of the molecule is COc1cc(N(C)C2CC2)nc(N)n1. The summed E-state index contributed by atoms with van der Waals surface area (Å²) in [6, 6.07) is 2.41. The average molecular weight is 194 g/mol. The molecule has 14 heavy (non-hydrogen) atoms. The van der Waals surface area contributed by atoms with Crippen LogP contribution in [-0.2, 0) is 0 Å². The van der Waals surface area contributed by atoms with Crippen LogP contribution in [0.3, 0.4) is 0 Å². The van der Waals surface area contributed by atoms with Crippen LogP contribution in [0.5, 0.6) is 5.88 Å². The predicted molar refractivity (Wildman–Crippen MR) is 54.4 cm³/mol. The molecule has 76 valence electrons. The van der Waals surface area contributed by atoms with Crippen LogP contribution in [-0.4, -0.2) is 30.2 Å². The van der Waals surface area contributed by atoms with E-state index in [-0.39, 0.29) is 5.95 Å². The van der Waals surface area contributed by atoms with Gasteiger partial charge in [-0.1, -0.05) is 0 Å². The van der Waals surface area contributed by atoms with Crippen LogP contribution in [0, 0.1) is 0 Å². The molecule has 0 bridgehead atoms. The molecule has 1 aromatic heterocycles. The molecule has 0 atom stereocenters. The highest BCUT2D eigenvalue weighted by molar-refractivity contribution is 5.46. The quantitative estimate of drug-likeness (QED) is 0.766. The van der Waals surface area contributed by atoms with E-state index < -0.39 is 0 Å². The molecule has 2 rings (SSSR count). The van der Waals surface area contributed by atoms with Crippen LogP contribution in [0.25, 0.3) is 0 Å². The molecule has 0 radical (unpaired) electrons. The Kier molecular flexibility index (Phi) is 2.15. The minimum Gasteiger partial charge on any atom is -0.481 e. The number of nitrogens with two attached hydrogens (primary N) is 1. The first-order valence-corrected chi connectivity index (χ1v) is 4.62. The molecular weight excluding hydrogens is 180 g/mol. The molecule has 1 aromatic rings. The fourth-order valence-electron chi connectivity index (χ4n) is 1.36. The highest BCUT2D eigenvalue weighted by Crippen LogP contribution is 2.30. The largest absolute Gasteiger partial charge is 0.481 e. The van der Waals surface area contributed by atoms with Crippen molar-refractivity contribution in [2.45, 2.75) is 18.9 Å². The number of nitrogen functional groups attached to an aromatic ring is 1. The fraction of sp³-hybridized carbons (Fsp3) is 0.556. The Hall–Kier alpha value is -1.52. The Morgan fingerprint density at radius 2 is 2.21 bits per heavy atom. The van der Waals surface area contributed by atoms with Crippen LogP contribution < -0.4 is 15.4 Å². The van der Waals surface area contributed by atoms with Gasteiger partial charge in [0.2, 0.25) is 11.8 Å². The van der Waals surface area contributed by atoms with E-state index in [1.54, 1.807) is 13.2 Å². The zero-order valence-corrected chi connectivity index (χ0v) is 8.40. The summed E-state index contributed by atoms with van der Waals surface area (Å²) < 4.78 is 5.03. The zero-order valence-electron chi connectivity index (χ0n) is 8.40. The van der Waals surface area contributed by atoms with E-state index in [4.69, 9.17) is 10.5 Å². The average Bonchev–Trinajstić information content (AvgIpc) is 2.99. The van der Waals surface area contributed by atoms with Crippen molar-refractivity contribution < 1.29 is 4.74 Å². The van der Waals surface area contributed by atoms with Gasteiger partial charge in [-0.05, 0) is 12.8 Å². The Balaban J connectivity index is 2.27. The third-order valence-corrected chi connectivity index (χ3v) is 2.37. The lowest BCUT2D eigenvalue weighted by Crippen LogP contribution is -2.21. The van der Waals surface area contributed by atoms with E-state index in [0.717, 1.165) is 5.82 Å². The van der Waals surface area contributed by atoms with Gasteiger partial charge in [-0.15, -0.1) is 0 Å². The molecule has 1 saturated carbocycles. The number of hydrogen-bond acceptors (Lipinski definition) is 5. The normalized spacial score (nSPS) is 15.3. The summed E-state index contributed by atoms with van der Waals surface area (Å²) in [4.78, 5) is 10.2. The van der Waals surface area contributed by atoms with Crippen molar-refractivity contribution in [2.24, 2.45) is 0 Å². The monoisotopic (exact) mass is 194 g/mol. The van der Waals surface area contributed by atoms with Crippen molar-refractivity contribution in [3.63, 3.8) is 0 Å². The third kappa shape index (κ3) is 1.71. The number of ether oxygens (including phenoxy) is 1. The Morgan fingerprint density at radius 1 is 1.50 bits per heavy atom. The Labute approximate surface area is 82.9 Å². The Morgan fingerprint density at radius 3 is 2.79 bits per heavy atom. The minimum absolute atomic E-state index is 0.256. The van der Waals surface area contributed by atoms with Gasteiger partial charge < -0.3 is 15.4 Å². The lowest BCUT2D eigenvalue weighted by molar-refractivity contribution is 0.397. The standard InChI is InChI=1S/C9H14N4O/c1-13(6-3-4-6)7-5-8(14-2)12-9(10)11-7/h5-6H,3-4H2,1-2H3,(H2,10,11,12). The van der Waals surface area contributed by atoms with Gasteiger partial charge in [0.25, 0.3) is 0 Å². The van der Waals surface area contributed by atoms with Gasteiger partial charge in [-0.25, -0.2) is 0 Å². The van der Waals surface area contributed by atoms with Gasteiger partial charge in [0.05, 0.1) is 7.11 Å². The second-order valence-corrected chi connectivity index (χ2v) is 3.47. The molecule has 0 saturated heterocycles. The van der Waals surface area contributed by atoms with Crippen molar-refractivity contribution in [3.8, 4) is 5.88 Å². The zero-order chi connectivity index (χ0) is 10.1. The molecule has 2 N–H and O–H groups in total. The van der Waals surface area contributed by atoms with E-state index in [0.29, 0.717) is 11.9 Å². The summed E-state index contributed by atoms with van der Waals surface area (Å²) in [5, 5.41) is 0. The lowest BCUT2D eigenvalue weighted by Gasteiger charge is -2.17. The molecule has 1 heterocycles. The van der Waals surface area contributed by atoms with Crippen molar-refractivity contribution in [1.82, 2.24) is 9.97 Å². The molecule has 5 nitrogen and oxygen atoms in total. The molecular formula is C9H14N4O.